The van der Waals surface area contributed by atoms with E-state index in [1.807, 2.05) is 0 Å². The SMILES string of the molecule is FC(F)Oc1ccccc1-n1c(=S)[nH]c2c(Cl)cccc21. The number of alkyl halides is 2. The third-order valence-corrected chi connectivity index (χ3v) is 3.59. The topological polar surface area (TPSA) is 29.9 Å². The number of aromatic nitrogens is 2. The van der Waals surface area contributed by atoms with Gasteiger partial charge in [-0.1, -0.05) is 29.8 Å². The summed E-state index contributed by atoms with van der Waals surface area (Å²) in [4.78, 5) is 2.98. The van der Waals surface area contributed by atoms with E-state index in [9.17, 15) is 8.78 Å². The lowest BCUT2D eigenvalue weighted by Crippen LogP contribution is -2.06. The number of nitrogens with zero attached hydrogens (tertiary/aromatic N) is 1. The van der Waals surface area contributed by atoms with E-state index in [0.717, 1.165) is 0 Å². The molecule has 0 aliphatic carbocycles. The van der Waals surface area contributed by atoms with Crippen LogP contribution in [0.25, 0.3) is 16.7 Å². The van der Waals surface area contributed by atoms with Gasteiger partial charge in [-0.2, -0.15) is 8.78 Å². The molecule has 0 saturated carbocycles. The van der Waals surface area contributed by atoms with Crippen LogP contribution in [0.1, 0.15) is 0 Å². The van der Waals surface area contributed by atoms with Crippen LogP contribution in [0.2, 0.25) is 5.02 Å². The van der Waals surface area contributed by atoms with Crippen LogP contribution >= 0.6 is 23.8 Å². The standard InChI is InChI=1S/C14H9ClF2N2OS/c15-8-4-3-6-10-12(8)18-14(21)19(10)9-5-1-2-7-11(9)20-13(16)17/h1-7,13H,(H,18,21). The lowest BCUT2D eigenvalue weighted by molar-refractivity contribution is -0.0498. The van der Waals surface area contributed by atoms with Crippen molar-refractivity contribution in [3.8, 4) is 11.4 Å². The van der Waals surface area contributed by atoms with E-state index in [1.165, 1.54) is 6.07 Å². The first-order valence-electron chi connectivity index (χ1n) is 6.01. The maximum atomic E-state index is 12.5. The summed E-state index contributed by atoms with van der Waals surface area (Å²) in [5.74, 6) is 0.0458. The Morgan fingerprint density at radius 2 is 1.90 bits per heavy atom. The first-order valence-corrected chi connectivity index (χ1v) is 6.80. The summed E-state index contributed by atoms with van der Waals surface area (Å²) < 4.78 is 31.6. The van der Waals surface area contributed by atoms with Crippen molar-refractivity contribution in [3.63, 3.8) is 0 Å². The molecule has 1 N–H and O–H groups in total. The van der Waals surface area contributed by atoms with Gasteiger partial charge in [0.15, 0.2) is 4.77 Å². The Bertz CT molecular complexity index is 860. The minimum absolute atomic E-state index is 0.0458. The fraction of sp³-hybridized carbons (Fsp3) is 0.0714. The highest BCUT2D eigenvalue weighted by atomic mass is 35.5. The number of benzene rings is 2. The zero-order chi connectivity index (χ0) is 15.0. The molecule has 7 heteroatoms. The maximum Gasteiger partial charge on any atom is 0.387 e. The number of aromatic amines is 1. The number of nitrogens with one attached hydrogen (secondary N) is 1. The molecular formula is C14H9ClF2N2OS. The monoisotopic (exact) mass is 326 g/mol. The molecule has 108 valence electrons. The second-order valence-electron chi connectivity index (χ2n) is 4.25. The highest BCUT2D eigenvalue weighted by Crippen LogP contribution is 2.30. The highest BCUT2D eigenvalue weighted by molar-refractivity contribution is 7.71. The van der Waals surface area contributed by atoms with E-state index in [0.29, 0.717) is 26.5 Å². The number of para-hydroxylation sites is 3. The molecule has 0 spiro atoms. The number of fused-ring (bicyclic) bond motifs is 1. The van der Waals surface area contributed by atoms with Crippen LogP contribution < -0.4 is 4.74 Å². The number of hydrogen-bond donors (Lipinski definition) is 1. The van der Waals surface area contributed by atoms with Gasteiger partial charge in [-0.15, -0.1) is 0 Å². The summed E-state index contributed by atoms with van der Waals surface area (Å²) in [7, 11) is 0. The summed E-state index contributed by atoms with van der Waals surface area (Å²) >= 11 is 11.4. The first kappa shape index (κ1) is 14.0. The molecule has 3 aromatic rings. The normalized spacial score (nSPS) is 11.2. The van der Waals surface area contributed by atoms with Crippen LogP contribution in [0, 0.1) is 4.77 Å². The van der Waals surface area contributed by atoms with E-state index in [2.05, 4.69) is 9.72 Å². The molecule has 0 bridgehead atoms. The lowest BCUT2D eigenvalue weighted by atomic mass is 10.2. The summed E-state index contributed by atoms with van der Waals surface area (Å²) in [6, 6.07) is 11.7. The molecule has 0 aliphatic heterocycles. The van der Waals surface area contributed by atoms with Crippen LogP contribution in [0.15, 0.2) is 42.5 Å². The van der Waals surface area contributed by atoms with Crippen molar-refractivity contribution in [2.75, 3.05) is 0 Å². The molecule has 0 amide bonds. The summed E-state index contributed by atoms with van der Waals surface area (Å²) in [5.41, 5.74) is 1.77. The molecule has 0 fully saturated rings. The molecule has 21 heavy (non-hydrogen) atoms. The van der Waals surface area contributed by atoms with Gasteiger partial charge in [0.2, 0.25) is 0 Å². The van der Waals surface area contributed by atoms with Gasteiger partial charge in [0.25, 0.3) is 0 Å². The molecule has 3 nitrogen and oxygen atoms in total. The number of ether oxygens (including phenoxy) is 1. The third kappa shape index (κ3) is 2.52. The zero-order valence-electron chi connectivity index (χ0n) is 10.5. The number of hydrogen-bond acceptors (Lipinski definition) is 2. The smallest absolute Gasteiger partial charge is 0.387 e. The van der Waals surface area contributed by atoms with Crippen molar-refractivity contribution in [2.24, 2.45) is 0 Å². The number of H-pyrrole nitrogens is 1. The molecule has 0 saturated heterocycles. The first-order chi connectivity index (χ1) is 10.1. The van der Waals surface area contributed by atoms with Gasteiger partial charge in [0.1, 0.15) is 5.75 Å². The second-order valence-corrected chi connectivity index (χ2v) is 5.04. The van der Waals surface area contributed by atoms with Crippen molar-refractivity contribution >= 4 is 34.9 Å². The van der Waals surface area contributed by atoms with Crippen LogP contribution in [-0.2, 0) is 0 Å². The Hall–Kier alpha value is -1.92. The average molecular weight is 327 g/mol. The van der Waals surface area contributed by atoms with Gasteiger partial charge in [0, 0.05) is 0 Å². The quantitative estimate of drug-likeness (QED) is 0.691. The lowest BCUT2D eigenvalue weighted by Gasteiger charge is -2.12. The van der Waals surface area contributed by atoms with Crippen molar-refractivity contribution in [2.45, 2.75) is 6.61 Å². The summed E-state index contributed by atoms with van der Waals surface area (Å²) in [6.45, 7) is -2.91. The van der Waals surface area contributed by atoms with Crippen LogP contribution in [0.3, 0.4) is 0 Å². The Labute approximate surface area is 128 Å². The number of imidazole rings is 1. The Morgan fingerprint density at radius 1 is 1.14 bits per heavy atom. The maximum absolute atomic E-state index is 12.5. The van der Waals surface area contributed by atoms with Crippen molar-refractivity contribution in [1.29, 1.82) is 0 Å². The molecule has 0 unspecified atom stereocenters. The molecule has 3 rings (SSSR count). The van der Waals surface area contributed by atoms with Gasteiger partial charge >= 0.3 is 6.61 Å². The van der Waals surface area contributed by atoms with Gasteiger partial charge in [-0.05, 0) is 36.5 Å². The van der Waals surface area contributed by atoms with Crippen LogP contribution in [0.4, 0.5) is 8.78 Å². The Balaban J connectivity index is 2.29. The second kappa shape index (κ2) is 5.46. The minimum Gasteiger partial charge on any atom is -0.433 e. The molecule has 2 aromatic carbocycles. The fourth-order valence-corrected chi connectivity index (χ4v) is 2.69. The van der Waals surface area contributed by atoms with Crippen molar-refractivity contribution in [1.82, 2.24) is 9.55 Å². The van der Waals surface area contributed by atoms with Gasteiger partial charge < -0.3 is 9.72 Å². The van der Waals surface area contributed by atoms with Crippen LogP contribution in [0.5, 0.6) is 5.75 Å². The number of halogens is 3. The van der Waals surface area contributed by atoms with Crippen molar-refractivity contribution in [3.05, 3.63) is 52.3 Å². The predicted octanol–water partition coefficient (Wildman–Crippen LogP) is 4.94. The Kier molecular flexibility index (Phi) is 3.65. The molecule has 1 aromatic heterocycles. The fourth-order valence-electron chi connectivity index (χ4n) is 2.17. The molecule has 0 radical (unpaired) electrons. The summed E-state index contributed by atoms with van der Waals surface area (Å²) in [6.07, 6.45) is 0. The van der Waals surface area contributed by atoms with E-state index in [-0.39, 0.29) is 5.75 Å². The van der Waals surface area contributed by atoms with Gasteiger partial charge in [-0.3, -0.25) is 4.57 Å². The molecule has 0 atom stereocenters. The molecular weight excluding hydrogens is 318 g/mol. The van der Waals surface area contributed by atoms with Gasteiger partial charge in [-0.25, -0.2) is 0 Å². The molecule has 1 heterocycles. The molecule has 0 aliphatic rings. The largest absolute Gasteiger partial charge is 0.433 e. The minimum atomic E-state index is -2.91. The predicted molar refractivity (Wildman–Crippen MR) is 80.1 cm³/mol. The van der Waals surface area contributed by atoms with Crippen molar-refractivity contribution < 1.29 is 13.5 Å². The van der Waals surface area contributed by atoms with Crippen LogP contribution in [-0.4, -0.2) is 16.2 Å². The summed E-state index contributed by atoms with van der Waals surface area (Å²) in [5, 5.41) is 0.504. The third-order valence-electron chi connectivity index (χ3n) is 2.99. The average Bonchev–Trinajstić information content (AvgIpc) is 2.77. The van der Waals surface area contributed by atoms with E-state index >= 15 is 0 Å². The number of rotatable bonds is 3. The van der Waals surface area contributed by atoms with Gasteiger partial charge in [0.05, 0.1) is 21.7 Å². The van der Waals surface area contributed by atoms with E-state index in [4.69, 9.17) is 23.8 Å². The van der Waals surface area contributed by atoms with E-state index in [1.54, 1.807) is 41.0 Å². The van der Waals surface area contributed by atoms with E-state index < -0.39 is 6.61 Å². The zero-order valence-corrected chi connectivity index (χ0v) is 12.1. The Morgan fingerprint density at radius 3 is 2.67 bits per heavy atom. The highest BCUT2D eigenvalue weighted by Gasteiger charge is 2.14.